The standard InChI is InChI=1S/C26H35FN4O6/c1-9-36-23(34)15(19(33)13-28-24(35)37-26(6,7)8)12-18(32)20-16(27)10-11-17-21(20)30-22(14(2)29-17)31-25(3,4)5/h10-11,15H,9,12-13H2,1-8H3,(H,28,35)(H,30,31). The first-order chi connectivity index (χ1) is 17.0. The molecule has 1 aromatic heterocycles. The lowest BCUT2D eigenvalue weighted by Gasteiger charge is -2.22. The number of nitrogens with zero attached hydrogens (tertiary/aromatic N) is 2. The number of aromatic nitrogens is 2. The first kappa shape index (κ1) is 29.6. The number of alkyl carbamates (subject to hydrolysis) is 1. The number of ether oxygens (including phenoxy) is 2. The summed E-state index contributed by atoms with van der Waals surface area (Å²) in [5, 5.41) is 5.45. The summed E-state index contributed by atoms with van der Waals surface area (Å²) in [4.78, 5) is 59.5. The van der Waals surface area contributed by atoms with Gasteiger partial charge in [-0.15, -0.1) is 0 Å². The summed E-state index contributed by atoms with van der Waals surface area (Å²) in [7, 11) is 0. The van der Waals surface area contributed by atoms with Gasteiger partial charge in [-0.25, -0.2) is 19.2 Å². The van der Waals surface area contributed by atoms with E-state index in [1.54, 1.807) is 34.6 Å². The number of carbonyl (C=O) groups excluding carboxylic acids is 4. The highest BCUT2D eigenvalue weighted by Crippen LogP contribution is 2.26. The number of hydrogen-bond donors (Lipinski definition) is 2. The van der Waals surface area contributed by atoms with Crippen LogP contribution in [0, 0.1) is 18.7 Å². The molecule has 0 saturated carbocycles. The fourth-order valence-corrected chi connectivity index (χ4v) is 3.38. The maximum Gasteiger partial charge on any atom is 0.408 e. The van der Waals surface area contributed by atoms with Crippen LogP contribution in [-0.2, 0) is 19.1 Å². The van der Waals surface area contributed by atoms with Crippen LogP contribution in [0.15, 0.2) is 12.1 Å². The zero-order chi connectivity index (χ0) is 28.1. The molecule has 1 atom stereocenters. The minimum atomic E-state index is -1.57. The van der Waals surface area contributed by atoms with Gasteiger partial charge in [0.2, 0.25) is 0 Å². The number of Topliss-reactive ketones (excluding diaryl/α,β-unsaturated/α-hetero) is 2. The van der Waals surface area contributed by atoms with Gasteiger partial charge in [0.1, 0.15) is 28.7 Å². The maximum atomic E-state index is 15.0. The first-order valence-corrected chi connectivity index (χ1v) is 12.0. The monoisotopic (exact) mass is 518 g/mol. The molecule has 0 spiro atoms. The van der Waals surface area contributed by atoms with Crippen LogP contribution in [0.2, 0.25) is 0 Å². The van der Waals surface area contributed by atoms with E-state index in [0.717, 1.165) is 6.07 Å². The van der Waals surface area contributed by atoms with E-state index in [1.165, 1.54) is 6.07 Å². The predicted octanol–water partition coefficient (Wildman–Crippen LogP) is 4.13. The molecular weight excluding hydrogens is 483 g/mol. The number of rotatable bonds is 9. The third-order valence-electron chi connectivity index (χ3n) is 4.89. The van der Waals surface area contributed by atoms with E-state index in [2.05, 4.69) is 20.6 Å². The van der Waals surface area contributed by atoms with Gasteiger partial charge >= 0.3 is 12.1 Å². The summed E-state index contributed by atoms with van der Waals surface area (Å²) in [6, 6.07) is 2.49. The fourth-order valence-electron chi connectivity index (χ4n) is 3.38. The van der Waals surface area contributed by atoms with Crippen LogP contribution >= 0.6 is 0 Å². The second kappa shape index (κ2) is 11.6. The van der Waals surface area contributed by atoms with Gasteiger partial charge in [0, 0.05) is 12.0 Å². The number of fused-ring (bicyclic) bond motifs is 1. The minimum absolute atomic E-state index is 0.00397. The third kappa shape index (κ3) is 8.47. The largest absolute Gasteiger partial charge is 0.465 e. The van der Waals surface area contributed by atoms with Crippen molar-refractivity contribution in [2.45, 2.75) is 73.0 Å². The minimum Gasteiger partial charge on any atom is -0.465 e. The number of ketones is 2. The summed E-state index contributed by atoms with van der Waals surface area (Å²) < 4.78 is 25.0. The van der Waals surface area contributed by atoms with Crippen LogP contribution in [0.5, 0.6) is 0 Å². The lowest BCUT2D eigenvalue weighted by atomic mass is 9.93. The Kier molecular flexibility index (Phi) is 9.29. The van der Waals surface area contributed by atoms with Crippen LogP contribution in [0.25, 0.3) is 11.0 Å². The van der Waals surface area contributed by atoms with Gasteiger partial charge < -0.3 is 20.1 Å². The summed E-state index contributed by atoms with van der Waals surface area (Å²) in [6.45, 7) is 13.4. The number of carbonyl (C=O) groups is 4. The summed E-state index contributed by atoms with van der Waals surface area (Å²) in [5.41, 5.74) is -0.719. The Labute approximate surface area is 215 Å². The van der Waals surface area contributed by atoms with Gasteiger partial charge in [-0.1, -0.05) is 0 Å². The Morgan fingerprint density at radius 3 is 2.27 bits per heavy atom. The van der Waals surface area contributed by atoms with Crippen molar-refractivity contribution in [1.29, 1.82) is 0 Å². The fraction of sp³-hybridized carbons (Fsp3) is 0.538. The van der Waals surface area contributed by atoms with E-state index in [4.69, 9.17) is 9.47 Å². The molecule has 0 aliphatic rings. The molecule has 1 unspecified atom stereocenters. The third-order valence-corrected chi connectivity index (χ3v) is 4.89. The second-order valence-electron chi connectivity index (χ2n) is 10.6. The quantitative estimate of drug-likeness (QED) is 0.285. The van der Waals surface area contributed by atoms with Crippen molar-refractivity contribution in [3.63, 3.8) is 0 Å². The van der Waals surface area contributed by atoms with Crippen LogP contribution in [0.1, 0.15) is 70.9 Å². The topological polar surface area (TPSA) is 137 Å². The van der Waals surface area contributed by atoms with Crippen LogP contribution in [-0.4, -0.2) is 57.9 Å². The molecule has 1 aromatic carbocycles. The zero-order valence-electron chi connectivity index (χ0n) is 22.6. The molecule has 2 aromatic rings. The Morgan fingerprint density at radius 2 is 1.70 bits per heavy atom. The number of halogens is 1. The highest BCUT2D eigenvalue weighted by atomic mass is 19.1. The molecule has 10 nitrogen and oxygen atoms in total. The average molecular weight is 519 g/mol. The number of amides is 1. The molecule has 11 heteroatoms. The zero-order valence-corrected chi connectivity index (χ0v) is 22.6. The molecule has 0 saturated heterocycles. The molecule has 0 fully saturated rings. The van der Waals surface area contributed by atoms with Gasteiger partial charge in [0.15, 0.2) is 11.6 Å². The maximum absolute atomic E-state index is 15.0. The van der Waals surface area contributed by atoms with Gasteiger partial charge in [0.25, 0.3) is 0 Å². The van der Waals surface area contributed by atoms with E-state index in [-0.39, 0.29) is 28.7 Å². The number of hydrogen-bond acceptors (Lipinski definition) is 9. The number of esters is 1. The summed E-state index contributed by atoms with van der Waals surface area (Å²) in [6.07, 6.45) is -1.54. The van der Waals surface area contributed by atoms with Crippen molar-refractivity contribution in [1.82, 2.24) is 15.3 Å². The first-order valence-electron chi connectivity index (χ1n) is 12.0. The van der Waals surface area contributed by atoms with Gasteiger partial charge in [0.05, 0.1) is 29.9 Å². The lowest BCUT2D eigenvalue weighted by molar-refractivity contribution is -0.151. The molecule has 37 heavy (non-hydrogen) atoms. The van der Waals surface area contributed by atoms with E-state index in [0.29, 0.717) is 11.5 Å². The molecule has 1 amide bonds. The predicted molar refractivity (Wildman–Crippen MR) is 136 cm³/mol. The van der Waals surface area contributed by atoms with Crippen molar-refractivity contribution in [3.05, 3.63) is 29.2 Å². The molecule has 2 rings (SSSR count). The van der Waals surface area contributed by atoms with E-state index in [9.17, 15) is 23.6 Å². The molecule has 202 valence electrons. The molecule has 0 aliphatic heterocycles. The summed E-state index contributed by atoms with van der Waals surface area (Å²) in [5.74, 6) is -4.62. The average Bonchev–Trinajstić information content (AvgIpc) is 2.74. The highest BCUT2D eigenvalue weighted by molar-refractivity contribution is 6.11. The molecular formula is C26H35FN4O6. The Hall–Kier alpha value is -3.63. The Balaban J connectivity index is 2.39. The molecule has 2 N–H and O–H groups in total. The SMILES string of the molecule is CCOC(=O)C(CC(=O)c1c(F)ccc2nc(C)c(NC(C)(C)C)nc12)C(=O)CNC(=O)OC(C)(C)C. The number of nitrogens with one attached hydrogen (secondary N) is 2. The highest BCUT2D eigenvalue weighted by Gasteiger charge is 2.33. The second-order valence-corrected chi connectivity index (χ2v) is 10.6. The van der Waals surface area contributed by atoms with Gasteiger partial charge in [-0.05, 0) is 67.5 Å². The summed E-state index contributed by atoms with van der Waals surface area (Å²) >= 11 is 0. The van der Waals surface area contributed by atoms with Gasteiger partial charge in [-0.3, -0.25) is 14.4 Å². The molecule has 0 aliphatic carbocycles. The molecule has 0 radical (unpaired) electrons. The van der Waals surface area contributed by atoms with Crippen molar-refractivity contribution in [3.8, 4) is 0 Å². The van der Waals surface area contributed by atoms with E-state index >= 15 is 0 Å². The van der Waals surface area contributed by atoms with Crippen molar-refractivity contribution < 1.29 is 33.0 Å². The van der Waals surface area contributed by atoms with Gasteiger partial charge in [-0.2, -0.15) is 0 Å². The van der Waals surface area contributed by atoms with Crippen molar-refractivity contribution in [2.24, 2.45) is 5.92 Å². The van der Waals surface area contributed by atoms with E-state index < -0.39 is 53.9 Å². The van der Waals surface area contributed by atoms with Crippen LogP contribution in [0.4, 0.5) is 15.0 Å². The number of benzene rings is 1. The smallest absolute Gasteiger partial charge is 0.408 e. The number of aryl methyl sites for hydroxylation is 1. The van der Waals surface area contributed by atoms with Crippen molar-refractivity contribution >= 4 is 40.5 Å². The Morgan fingerprint density at radius 1 is 1.05 bits per heavy atom. The normalized spacial score (nSPS) is 12.6. The molecule has 1 heterocycles. The lowest BCUT2D eigenvalue weighted by Crippen LogP contribution is -2.40. The van der Waals surface area contributed by atoms with Crippen LogP contribution in [0.3, 0.4) is 0 Å². The van der Waals surface area contributed by atoms with Crippen LogP contribution < -0.4 is 10.6 Å². The van der Waals surface area contributed by atoms with Crippen molar-refractivity contribution in [2.75, 3.05) is 18.5 Å². The Bertz CT molecular complexity index is 1200. The molecule has 0 bridgehead atoms. The number of anilines is 1. The van der Waals surface area contributed by atoms with E-state index in [1.807, 2.05) is 20.8 Å².